The van der Waals surface area contributed by atoms with Crippen LogP contribution < -0.4 is 11.1 Å². The number of aryl methyl sites for hydroxylation is 1. The molecule has 0 aliphatic rings. The average molecular weight is 257 g/mol. The lowest BCUT2D eigenvalue weighted by Crippen LogP contribution is -2.40. The van der Waals surface area contributed by atoms with Crippen molar-refractivity contribution in [1.82, 2.24) is 10.3 Å². The highest BCUT2D eigenvalue weighted by Crippen LogP contribution is 2.08. The summed E-state index contributed by atoms with van der Waals surface area (Å²) in [6.07, 6.45) is 1.43. The highest BCUT2D eigenvalue weighted by Gasteiger charge is 2.12. The number of ether oxygens (including phenoxy) is 1. The average Bonchev–Trinajstić information content (AvgIpc) is 2.72. The lowest BCUT2D eigenvalue weighted by molar-refractivity contribution is -0.122. The first-order valence-electron chi connectivity index (χ1n) is 5.56. The minimum atomic E-state index is -0.466. The topological polar surface area (TPSA) is 77.2 Å². The van der Waals surface area contributed by atoms with E-state index in [1.165, 1.54) is 11.3 Å². The van der Waals surface area contributed by atoms with E-state index in [1.54, 1.807) is 7.11 Å². The van der Waals surface area contributed by atoms with Crippen molar-refractivity contribution < 1.29 is 9.53 Å². The number of nitrogens with two attached hydrogens (primary N) is 1. The fraction of sp³-hybridized carbons (Fsp3) is 0.636. The van der Waals surface area contributed by atoms with Gasteiger partial charge >= 0.3 is 0 Å². The number of aromatic nitrogens is 1. The maximum absolute atomic E-state index is 11.6. The van der Waals surface area contributed by atoms with Gasteiger partial charge < -0.3 is 15.8 Å². The number of nitrogens with zero attached hydrogens (tertiary/aromatic N) is 1. The summed E-state index contributed by atoms with van der Waals surface area (Å²) in [5.41, 5.74) is 6.72. The number of amides is 1. The molecule has 1 aromatic heterocycles. The molecule has 0 fully saturated rings. The Hall–Kier alpha value is -0.980. The van der Waals surface area contributed by atoms with Crippen molar-refractivity contribution >= 4 is 17.2 Å². The van der Waals surface area contributed by atoms with E-state index < -0.39 is 6.04 Å². The van der Waals surface area contributed by atoms with Gasteiger partial charge in [-0.05, 0) is 19.8 Å². The van der Waals surface area contributed by atoms with Crippen LogP contribution in [-0.4, -0.2) is 30.6 Å². The molecule has 1 heterocycles. The number of hydrogen-bond donors (Lipinski definition) is 2. The van der Waals surface area contributed by atoms with Crippen molar-refractivity contribution in [3.05, 3.63) is 16.1 Å². The van der Waals surface area contributed by atoms with E-state index in [4.69, 9.17) is 10.5 Å². The van der Waals surface area contributed by atoms with E-state index >= 15 is 0 Å². The second-order valence-corrected chi connectivity index (χ2v) is 4.78. The molecule has 1 aromatic rings. The van der Waals surface area contributed by atoms with Crippen LogP contribution in [0.15, 0.2) is 5.38 Å². The summed E-state index contributed by atoms with van der Waals surface area (Å²) >= 11 is 1.54. The van der Waals surface area contributed by atoms with Crippen LogP contribution in [0.3, 0.4) is 0 Å². The van der Waals surface area contributed by atoms with Crippen LogP contribution in [0, 0.1) is 6.92 Å². The number of thiazole rings is 1. The highest BCUT2D eigenvalue weighted by atomic mass is 32.1. The first kappa shape index (κ1) is 14.1. The van der Waals surface area contributed by atoms with Gasteiger partial charge in [0, 0.05) is 24.8 Å². The molecule has 0 aliphatic heterocycles. The Morgan fingerprint density at radius 1 is 1.71 bits per heavy atom. The molecule has 96 valence electrons. The zero-order valence-electron chi connectivity index (χ0n) is 10.2. The normalized spacial score (nSPS) is 12.4. The SMILES string of the molecule is COCCCC(N)C(=O)NCc1nc(C)cs1. The zero-order valence-corrected chi connectivity index (χ0v) is 11.0. The highest BCUT2D eigenvalue weighted by molar-refractivity contribution is 7.09. The molecular formula is C11H19N3O2S. The number of rotatable bonds is 7. The Balaban J connectivity index is 2.24. The van der Waals surface area contributed by atoms with Crippen LogP contribution >= 0.6 is 11.3 Å². The summed E-state index contributed by atoms with van der Waals surface area (Å²) < 4.78 is 4.91. The summed E-state index contributed by atoms with van der Waals surface area (Å²) in [6, 6.07) is -0.466. The Bertz CT molecular complexity index is 354. The molecule has 0 spiro atoms. The standard InChI is InChI=1S/C11H19N3O2S/c1-8-7-17-10(14-8)6-13-11(15)9(12)4-3-5-16-2/h7,9H,3-6,12H2,1-2H3,(H,13,15). The van der Waals surface area contributed by atoms with Gasteiger partial charge in [-0.25, -0.2) is 4.98 Å². The first-order valence-corrected chi connectivity index (χ1v) is 6.44. The van der Waals surface area contributed by atoms with E-state index in [0.717, 1.165) is 17.1 Å². The summed E-state index contributed by atoms with van der Waals surface area (Å²) in [5.74, 6) is -0.131. The zero-order chi connectivity index (χ0) is 12.7. The Morgan fingerprint density at radius 2 is 2.47 bits per heavy atom. The molecule has 1 rings (SSSR count). The predicted octanol–water partition coefficient (Wildman–Crippen LogP) is 0.822. The maximum Gasteiger partial charge on any atom is 0.237 e. The van der Waals surface area contributed by atoms with Crippen LogP contribution in [0.4, 0.5) is 0 Å². The molecule has 0 radical (unpaired) electrons. The van der Waals surface area contributed by atoms with E-state index in [-0.39, 0.29) is 5.91 Å². The van der Waals surface area contributed by atoms with Gasteiger partial charge in [-0.2, -0.15) is 0 Å². The van der Waals surface area contributed by atoms with Crippen molar-refractivity contribution in [3.63, 3.8) is 0 Å². The van der Waals surface area contributed by atoms with Gasteiger partial charge in [0.25, 0.3) is 0 Å². The third-order valence-corrected chi connectivity index (χ3v) is 3.25. The molecule has 6 heteroatoms. The molecule has 0 saturated heterocycles. The molecule has 1 amide bonds. The largest absolute Gasteiger partial charge is 0.385 e. The van der Waals surface area contributed by atoms with Crippen molar-refractivity contribution in [3.8, 4) is 0 Å². The molecule has 0 aliphatic carbocycles. The van der Waals surface area contributed by atoms with Crippen molar-refractivity contribution in [2.75, 3.05) is 13.7 Å². The fourth-order valence-corrected chi connectivity index (χ4v) is 2.07. The predicted molar refractivity (Wildman–Crippen MR) is 67.8 cm³/mol. The van der Waals surface area contributed by atoms with Crippen LogP contribution in [-0.2, 0) is 16.1 Å². The lowest BCUT2D eigenvalue weighted by atomic mass is 10.1. The van der Waals surface area contributed by atoms with Crippen LogP contribution in [0.25, 0.3) is 0 Å². The Morgan fingerprint density at radius 3 is 3.06 bits per heavy atom. The second kappa shape index (κ2) is 7.37. The molecule has 3 N–H and O–H groups in total. The monoisotopic (exact) mass is 257 g/mol. The van der Waals surface area contributed by atoms with E-state index in [1.807, 2.05) is 12.3 Å². The van der Waals surface area contributed by atoms with Crippen LogP contribution in [0.5, 0.6) is 0 Å². The number of carbonyl (C=O) groups excluding carboxylic acids is 1. The maximum atomic E-state index is 11.6. The minimum Gasteiger partial charge on any atom is -0.385 e. The van der Waals surface area contributed by atoms with Gasteiger partial charge in [0.1, 0.15) is 5.01 Å². The quantitative estimate of drug-likeness (QED) is 0.709. The number of methoxy groups -OCH3 is 1. The molecular weight excluding hydrogens is 238 g/mol. The molecule has 1 atom stereocenters. The first-order chi connectivity index (χ1) is 8.13. The van der Waals surface area contributed by atoms with E-state index in [2.05, 4.69) is 10.3 Å². The van der Waals surface area contributed by atoms with E-state index in [0.29, 0.717) is 19.6 Å². The third-order valence-electron chi connectivity index (χ3n) is 2.28. The van der Waals surface area contributed by atoms with Gasteiger partial charge in [0.15, 0.2) is 0 Å². The van der Waals surface area contributed by atoms with Gasteiger partial charge in [-0.3, -0.25) is 4.79 Å². The lowest BCUT2D eigenvalue weighted by Gasteiger charge is -2.10. The Labute approximate surface area is 105 Å². The van der Waals surface area contributed by atoms with Crippen LogP contribution in [0.1, 0.15) is 23.5 Å². The van der Waals surface area contributed by atoms with Gasteiger partial charge in [0.2, 0.25) is 5.91 Å². The molecule has 1 unspecified atom stereocenters. The molecule has 0 bridgehead atoms. The minimum absolute atomic E-state index is 0.131. The van der Waals surface area contributed by atoms with Crippen molar-refractivity contribution in [2.24, 2.45) is 5.73 Å². The summed E-state index contributed by atoms with van der Waals surface area (Å²) in [4.78, 5) is 15.9. The van der Waals surface area contributed by atoms with Crippen molar-refractivity contribution in [1.29, 1.82) is 0 Å². The van der Waals surface area contributed by atoms with Crippen LogP contribution in [0.2, 0.25) is 0 Å². The Kier molecular flexibility index (Phi) is 6.10. The third kappa shape index (κ3) is 5.25. The van der Waals surface area contributed by atoms with E-state index in [9.17, 15) is 4.79 Å². The number of nitrogens with one attached hydrogen (secondary N) is 1. The summed E-state index contributed by atoms with van der Waals surface area (Å²) in [7, 11) is 1.64. The fourth-order valence-electron chi connectivity index (χ4n) is 1.36. The van der Waals surface area contributed by atoms with Gasteiger partial charge in [0.05, 0.1) is 12.6 Å². The number of hydrogen-bond acceptors (Lipinski definition) is 5. The van der Waals surface area contributed by atoms with Gasteiger partial charge in [-0.1, -0.05) is 0 Å². The molecule has 0 aromatic carbocycles. The number of carbonyl (C=O) groups is 1. The molecule has 17 heavy (non-hydrogen) atoms. The summed E-state index contributed by atoms with van der Waals surface area (Å²) in [6.45, 7) is 3.01. The van der Waals surface area contributed by atoms with Gasteiger partial charge in [-0.15, -0.1) is 11.3 Å². The second-order valence-electron chi connectivity index (χ2n) is 3.84. The summed E-state index contributed by atoms with van der Waals surface area (Å²) in [5, 5.41) is 5.64. The van der Waals surface area contributed by atoms with Crippen molar-refractivity contribution in [2.45, 2.75) is 32.4 Å². The molecule has 0 saturated carbocycles. The molecule has 5 nitrogen and oxygen atoms in total. The smallest absolute Gasteiger partial charge is 0.237 e.